The Morgan fingerprint density at radius 3 is 2.94 bits per heavy atom. The van der Waals surface area contributed by atoms with E-state index < -0.39 is 0 Å². The molecular weight excluding hydrogens is 232 g/mol. The van der Waals surface area contributed by atoms with E-state index in [0.717, 1.165) is 18.5 Å². The van der Waals surface area contributed by atoms with Crippen molar-refractivity contribution in [2.75, 3.05) is 27.2 Å². The van der Waals surface area contributed by atoms with Crippen molar-refractivity contribution < 1.29 is 9.53 Å². The van der Waals surface area contributed by atoms with Crippen molar-refractivity contribution in [1.82, 2.24) is 20.0 Å². The van der Waals surface area contributed by atoms with Crippen molar-refractivity contribution >= 4 is 5.91 Å². The zero-order valence-corrected chi connectivity index (χ0v) is 11.1. The molecule has 0 aromatic carbocycles. The van der Waals surface area contributed by atoms with Crippen molar-refractivity contribution in [1.29, 1.82) is 0 Å². The fourth-order valence-electron chi connectivity index (χ4n) is 2.33. The second-order valence-electron chi connectivity index (χ2n) is 4.60. The Morgan fingerprint density at radius 2 is 2.44 bits per heavy atom. The molecule has 6 heteroatoms. The molecule has 1 aromatic rings. The molecule has 1 aliphatic heterocycles. The second kappa shape index (κ2) is 5.49. The number of hydrogen-bond donors (Lipinski definition) is 1. The number of rotatable bonds is 4. The number of amides is 1. The summed E-state index contributed by atoms with van der Waals surface area (Å²) in [5, 5.41) is 7.16. The average molecular weight is 252 g/mol. The Morgan fingerprint density at radius 1 is 1.67 bits per heavy atom. The Bertz CT molecular complexity index is 418. The van der Waals surface area contributed by atoms with Crippen molar-refractivity contribution in [2.24, 2.45) is 7.05 Å². The number of hydrogen-bond acceptors (Lipinski definition) is 4. The molecule has 0 radical (unpaired) electrons. The highest BCUT2D eigenvalue weighted by Gasteiger charge is 2.31. The second-order valence-corrected chi connectivity index (χ2v) is 4.60. The standard InChI is InChI=1S/C12H20N4O2/c1-13-11(9-6-14-15(2)7-9)12(17)16-5-4-10(8-16)18-3/h6-7,10-11,13H,4-5,8H2,1-3H3/t10-,11?/m1/s1. The summed E-state index contributed by atoms with van der Waals surface area (Å²) >= 11 is 0. The molecule has 1 amide bonds. The van der Waals surface area contributed by atoms with E-state index in [4.69, 9.17) is 4.74 Å². The van der Waals surface area contributed by atoms with Crippen LogP contribution in [0.4, 0.5) is 0 Å². The molecule has 0 spiro atoms. The number of nitrogens with one attached hydrogen (secondary N) is 1. The molecule has 0 saturated carbocycles. The minimum absolute atomic E-state index is 0.0880. The van der Waals surface area contributed by atoms with Crippen LogP contribution in [0.15, 0.2) is 12.4 Å². The highest BCUT2D eigenvalue weighted by molar-refractivity contribution is 5.83. The van der Waals surface area contributed by atoms with Crippen LogP contribution < -0.4 is 5.32 Å². The maximum atomic E-state index is 12.4. The van der Waals surface area contributed by atoms with Gasteiger partial charge in [-0.2, -0.15) is 5.10 Å². The van der Waals surface area contributed by atoms with Gasteiger partial charge in [0.05, 0.1) is 12.3 Å². The van der Waals surface area contributed by atoms with Gasteiger partial charge in [0.1, 0.15) is 6.04 Å². The number of aromatic nitrogens is 2. The van der Waals surface area contributed by atoms with Crippen LogP contribution in [0.25, 0.3) is 0 Å². The summed E-state index contributed by atoms with van der Waals surface area (Å²) < 4.78 is 6.99. The number of ether oxygens (including phenoxy) is 1. The van der Waals surface area contributed by atoms with Gasteiger partial charge in [-0.05, 0) is 13.5 Å². The van der Waals surface area contributed by atoms with Crippen molar-refractivity contribution in [2.45, 2.75) is 18.6 Å². The highest BCUT2D eigenvalue weighted by atomic mass is 16.5. The first-order valence-electron chi connectivity index (χ1n) is 6.13. The molecule has 2 atom stereocenters. The minimum Gasteiger partial charge on any atom is -0.380 e. The third kappa shape index (κ3) is 2.54. The lowest BCUT2D eigenvalue weighted by Gasteiger charge is -2.22. The molecule has 1 saturated heterocycles. The number of nitrogens with zero attached hydrogens (tertiary/aromatic N) is 3. The Hall–Kier alpha value is -1.40. The van der Waals surface area contributed by atoms with Crippen LogP contribution in [0.2, 0.25) is 0 Å². The Labute approximate surface area is 107 Å². The van der Waals surface area contributed by atoms with Gasteiger partial charge in [0, 0.05) is 39.0 Å². The molecule has 100 valence electrons. The molecule has 2 rings (SSSR count). The van der Waals surface area contributed by atoms with E-state index in [1.54, 1.807) is 25.0 Å². The van der Waals surface area contributed by atoms with Gasteiger partial charge in [-0.3, -0.25) is 9.48 Å². The molecule has 2 heterocycles. The van der Waals surface area contributed by atoms with E-state index >= 15 is 0 Å². The van der Waals surface area contributed by atoms with Gasteiger partial charge < -0.3 is 15.0 Å². The molecule has 1 fully saturated rings. The Balaban J connectivity index is 2.07. The summed E-state index contributed by atoms with van der Waals surface area (Å²) in [4.78, 5) is 14.3. The van der Waals surface area contributed by atoms with Crippen LogP contribution >= 0.6 is 0 Å². The van der Waals surface area contributed by atoms with Gasteiger partial charge in [-0.15, -0.1) is 0 Å². The first-order valence-corrected chi connectivity index (χ1v) is 6.13. The first kappa shape index (κ1) is 13.0. The molecule has 0 aliphatic carbocycles. The van der Waals surface area contributed by atoms with Crippen LogP contribution in [-0.4, -0.2) is 53.9 Å². The molecule has 0 bridgehead atoms. The molecule has 18 heavy (non-hydrogen) atoms. The number of likely N-dealkylation sites (tertiary alicyclic amines) is 1. The van der Waals surface area contributed by atoms with E-state index in [-0.39, 0.29) is 18.1 Å². The third-order valence-corrected chi connectivity index (χ3v) is 3.38. The maximum Gasteiger partial charge on any atom is 0.244 e. The quantitative estimate of drug-likeness (QED) is 0.815. The van der Waals surface area contributed by atoms with Crippen molar-refractivity contribution in [3.8, 4) is 0 Å². The molecule has 1 N–H and O–H groups in total. The number of carbonyl (C=O) groups is 1. The van der Waals surface area contributed by atoms with Gasteiger partial charge in [0.25, 0.3) is 0 Å². The zero-order valence-electron chi connectivity index (χ0n) is 11.1. The van der Waals surface area contributed by atoms with Gasteiger partial charge >= 0.3 is 0 Å². The average Bonchev–Trinajstić information content (AvgIpc) is 2.99. The normalized spacial score (nSPS) is 21.3. The summed E-state index contributed by atoms with van der Waals surface area (Å²) in [6.45, 7) is 1.43. The van der Waals surface area contributed by atoms with Crippen molar-refractivity contribution in [3.05, 3.63) is 18.0 Å². The molecule has 6 nitrogen and oxygen atoms in total. The number of aryl methyl sites for hydroxylation is 1. The molecule has 1 aliphatic rings. The summed E-state index contributed by atoms with van der Waals surface area (Å²) in [5.41, 5.74) is 0.894. The van der Waals surface area contributed by atoms with E-state index in [2.05, 4.69) is 10.4 Å². The first-order chi connectivity index (χ1) is 8.65. The number of likely N-dealkylation sites (N-methyl/N-ethyl adjacent to an activating group) is 1. The highest BCUT2D eigenvalue weighted by Crippen LogP contribution is 2.19. The summed E-state index contributed by atoms with van der Waals surface area (Å²) in [5.74, 6) is 0.0880. The molecule has 1 aromatic heterocycles. The summed E-state index contributed by atoms with van der Waals surface area (Å²) in [6, 6.07) is -0.325. The van der Waals surface area contributed by atoms with E-state index in [9.17, 15) is 4.79 Å². The lowest BCUT2D eigenvalue weighted by Crippen LogP contribution is -2.39. The van der Waals surface area contributed by atoms with Gasteiger partial charge in [-0.25, -0.2) is 0 Å². The number of carbonyl (C=O) groups excluding carboxylic acids is 1. The topological polar surface area (TPSA) is 59.4 Å². The van der Waals surface area contributed by atoms with Crippen molar-refractivity contribution in [3.63, 3.8) is 0 Å². The lowest BCUT2D eigenvalue weighted by atomic mass is 10.1. The van der Waals surface area contributed by atoms with E-state index in [1.165, 1.54) is 0 Å². The molecule has 1 unspecified atom stereocenters. The molecular formula is C12H20N4O2. The van der Waals surface area contributed by atoms with Crippen LogP contribution in [0.3, 0.4) is 0 Å². The van der Waals surface area contributed by atoms with Gasteiger partial charge in [0.15, 0.2) is 0 Å². The minimum atomic E-state index is -0.325. The lowest BCUT2D eigenvalue weighted by molar-refractivity contribution is -0.132. The SMILES string of the molecule is CNC(C(=O)N1CC[C@@H](OC)C1)c1cnn(C)c1. The predicted molar refractivity (Wildman–Crippen MR) is 67.0 cm³/mol. The fraction of sp³-hybridized carbons (Fsp3) is 0.667. The van der Waals surface area contributed by atoms with Crippen LogP contribution in [-0.2, 0) is 16.6 Å². The maximum absolute atomic E-state index is 12.4. The van der Waals surface area contributed by atoms with E-state index in [0.29, 0.717) is 6.54 Å². The zero-order chi connectivity index (χ0) is 13.1. The fourth-order valence-corrected chi connectivity index (χ4v) is 2.33. The van der Waals surface area contributed by atoms with E-state index in [1.807, 2.05) is 18.1 Å². The smallest absolute Gasteiger partial charge is 0.244 e. The largest absolute Gasteiger partial charge is 0.380 e. The number of methoxy groups -OCH3 is 1. The third-order valence-electron chi connectivity index (χ3n) is 3.38. The van der Waals surface area contributed by atoms with Crippen LogP contribution in [0, 0.1) is 0 Å². The summed E-state index contributed by atoms with van der Waals surface area (Å²) in [6.07, 6.45) is 4.66. The summed E-state index contributed by atoms with van der Waals surface area (Å²) in [7, 11) is 5.33. The monoisotopic (exact) mass is 252 g/mol. The van der Waals surface area contributed by atoms with Crippen LogP contribution in [0.5, 0.6) is 0 Å². The Kier molecular flexibility index (Phi) is 3.98. The predicted octanol–water partition coefficient (Wildman–Crippen LogP) is -0.0721. The van der Waals surface area contributed by atoms with Gasteiger partial charge in [0.2, 0.25) is 5.91 Å². The van der Waals surface area contributed by atoms with Gasteiger partial charge in [-0.1, -0.05) is 0 Å². The van der Waals surface area contributed by atoms with Crippen LogP contribution in [0.1, 0.15) is 18.0 Å².